The van der Waals surface area contributed by atoms with E-state index < -0.39 is 5.97 Å². The van der Waals surface area contributed by atoms with E-state index in [1.54, 1.807) is 18.4 Å². The van der Waals surface area contributed by atoms with E-state index in [1.807, 2.05) is 12.1 Å². The van der Waals surface area contributed by atoms with E-state index in [9.17, 15) is 4.79 Å². The van der Waals surface area contributed by atoms with Crippen molar-refractivity contribution in [3.8, 4) is 6.07 Å². The molecule has 0 bridgehead atoms. The molecule has 0 saturated heterocycles. The van der Waals surface area contributed by atoms with Gasteiger partial charge in [-0.3, -0.25) is 0 Å². The number of nitriles is 1. The van der Waals surface area contributed by atoms with E-state index >= 15 is 0 Å². The lowest BCUT2D eigenvalue weighted by Gasteiger charge is -2.15. The van der Waals surface area contributed by atoms with Gasteiger partial charge >= 0.3 is 5.97 Å². The Morgan fingerprint density at radius 2 is 2.50 bits per heavy atom. The monoisotopic (exact) mass is 244 g/mol. The number of nitrogens with zero attached hydrogens (tertiary/aromatic N) is 1. The van der Waals surface area contributed by atoms with Gasteiger partial charge in [-0.1, -0.05) is 6.08 Å². The molecule has 1 aromatic rings. The van der Waals surface area contributed by atoms with Crippen molar-refractivity contribution in [2.45, 2.75) is 12.5 Å². The van der Waals surface area contributed by atoms with Crippen LogP contribution in [0, 0.1) is 11.3 Å². The standard InChI is InChI=1S/C13H12N2O3/c1-17-13(16)11-7-9(8-14)4-5-10(15-11)12-3-2-6-18-12/h2-4,6-7,10,15H,5H2,1H3. The minimum atomic E-state index is -0.505. The van der Waals surface area contributed by atoms with Crippen LogP contribution in [0.3, 0.4) is 0 Å². The van der Waals surface area contributed by atoms with E-state index in [0.29, 0.717) is 17.8 Å². The maximum absolute atomic E-state index is 11.6. The Hall–Kier alpha value is -2.48. The molecule has 0 spiro atoms. The van der Waals surface area contributed by atoms with Gasteiger partial charge in [-0.15, -0.1) is 0 Å². The maximum Gasteiger partial charge on any atom is 0.354 e. The fraction of sp³-hybridized carbons (Fsp3) is 0.231. The molecule has 1 unspecified atom stereocenters. The predicted molar refractivity (Wildman–Crippen MR) is 63.0 cm³/mol. The first-order valence-corrected chi connectivity index (χ1v) is 5.45. The summed E-state index contributed by atoms with van der Waals surface area (Å²) in [6, 6.07) is 5.43. The molecule has 92 valence electrons. The summed E-state index contributed by atoms with van der Waals surface area (Å²) < 4.78 is 9.97. The van der Waals surface area contributed by atoms with Gasteiger partial charge in [-0.2, -0.15) is 5.26 Å². The third-order valence-electron chi connectivity index (χ3n) is 2.62. The van der Waals surface area contributed by atoms with Crippen molar-refractivity contribution in [2.24, 2.45) is 0 Å². The second-order valence-electron chi connectivity index (χ2n) is 3.77. The van der Waals surface area contributed by atoms with E-state index in [-0.39, 0.29) is 11.7 Å². The van der Waals surface area contributed by atoms with Gasteiger partial charge in [-0.25, -0.2) is 4.79 Å². The number of carbonyl (C=O) groups is 1. The molecule has 1 aromatic heterocycles. The molecule has 2 rings (SSSR count). The zero-order valence-corrected chi connectivity index (χ0v) is 9.84. The highest BCUT2D eigenvalue weighted by molar-refractivity contribution is 5.88. The largest absolute Gasteiger partial charge is 0.467 e. The minimum Gasteiger partial charge on any atom is -0.467 e. The van der Waals surface area contributed by atoms with Crippen LogP contribution in [0.15, 0.2) is 46.2 Å². The first-order valence-electron chi connectivity index (χ1n) is 5.45. The van der Waals surface area contributed by atoms with E-state index in [1.165, 1.54) is 13.2 Å². The number of furan rings is 1. The minimum absolute atomic E-state index is 0.184. The summed E-state index contributed by atoms with van der Waals surface area (Å²) in [5, 5.41) is 12.0. The lowest BCUT2D eigenvalue weighted by atomic mass is 10.1. The van der Waals surface area contributed by atoms with Gasteiger partial charge in [-0.05, 0) is 24.6 Å². The van der Waals surface area contributed by atoms with Gasteiger partial charge in [0.15, 0.2) is 0 Å². The number of allylic oxidation sites excluding steroid dienone is 2. The van der Waals surface area contributed by atoms with Gasteiger partial charge in [0.05, 0.1) is 31.1 Å². The highest BCUT2D eigenvalue weighted by Gasteiger charge is 2.21. The Kier molecular flexibility index (Phi) is 3.49. The number of hydrogen-bond donors (Lipinski definition) is 1. The topological polar surface area (TPSA) is 75.3 Å². The molecule has 0 aromatic carbocycles. The lowest BCUT2D eigenvalue weighted by Crippen LogP contribution is -2.25. The summed E-state index contributed by atoms with van der Waals surface area (Å²) in [5.41, 5.74) is 0.682. The highest BCUT2D eigenvalue weighted by Crippen LogP contribution is 2.23. The number of hydrogen-bond acceptors (Lipinski definition) is 5. The zero-order chi connectivity index (χ0) is 13.0. The Bertz CT molecular complexity index is 535. The van der Waals surface area contributed by atoms with Gasteiger partial charge in [0.25, 0.3) is 0 Å². The Balaban J connectivity index is 2.30. The molecule has 0 aliphatic carbocycles. The van der Waals surface area contributed by atoms with Gasteiger partial charge in [0.2, 0.25) is 0 Å². The third-order valence-corrected chi connectivity index (χ3v) is 2.62. The number of esters is 1. The zero-order valence-electron chi connectivity index (χ0n) is 9.84. The van der Waals surface area contributed by atoms with Gasteiger partial charge < -0.3 is 14.5 Å². The number of nitrogens with one attached hydrogen (secondary N) is 1. The SMILES string of the molecule is COC(=O)C1=CC(C#N)=CCC(c2ccco2)N1. The molecule has 18 heavy (non-hydrogen) atoms. The first kappa shape index (κ1) is 12.0. The fourth-order valence-corrected chi connectivity index (χ4v) is 1.73. The summed E-state index contributed by atoms with van der Waals surface area (Å²) in [7, 11) is 1.30. The summed E-state index contributed by atoms with van der Waals surface area (Å²) >= 11 is 0. The number of carbonyl (C=O) groups excluding carboxylic acids is 1. The predicted octanol–water partition coefficient (Wildman–Crippen LogP) is 1.82. The van der Waals surface area contributed by atoms with Crippen LogP contribution in [0.2, 0.25) is 0 Å². The molecule has 0 saturated carbocycles. The van der Waals surface area contributed by atoms with Crippen molar-refractivity contribution in [2.75, 3.05) is 7.11 Å². The van der Waals surface area contributed by atoms with Crippen LogP contribution in [-0.4, -0.2) is 13.1 Å². The molecule has 0 radical (unpaired) electrons. The fourth-order valence-electron chi connectivity index (χ4n) is 1.73. The first-order chi connectivity index (χ1) is 8.74. The normalized spacial score (nSPS) is 18.8. The molecular weight excluding hydrogens is 232 g/mol. The molecule has 1 aliphatic rings. The van der Waals surface area contributed by atoms with E-state index in [4.69, 9.17) is 9.68 Å². The van der Waals surface area contributed by atoms with Crippen LogP contribution in [0.25, 0.3) is 0 Å². The molecule has 0 amide bonds. The molecule has 1 N–H and O–H groups in total. The van der Waals surface area contributed by atoms with Crippen LogP contribution < -0.4 is 5.32 Å². The van der Waals surface area contributed by atoms with Gasteiger partial charge in [0, 0.05) is 0 Å². The van der Waals surface area contributed by atoms with Crippen molar-refractivity contribution in [3.63, 3.8) is 0 Å². The molecule has 5 nitrogen and oxygen atoms in total. The summed E-state index contributed by atoms with van der Waals surface area (Å²) in [6.07, 6.45) is 5.37. The average Bonchev–Trinajstić information content (AvgIpc) is 2.84. The second kappa shape index (κ2) is 5.23. The van der Waals surface area contributed by atoms with Crippen LogP contribution in [-0.2, 0) is 9.53 Å². The van der Waals surface area contributed by atoms with Crippen LogP contribution >= 0.6 is 0 Å². The molecule has 1 atom stereocenters. The smallest absolute Gasteiger partial charge is 0.354 e. The number of rotatable bonds is 2. The van der Waals surface area contributed by atoms with Crippen molar-refractivity contribution in [3.05, 3.63) is 47.6 Å². The summed E-state index contributed by atoms with van der Waals surface area (Å²) in [5.74, 6) is 0.204. The van der Waals surface area contributed by atoms with Gasteiger partial charge in [0.1, 0.15) is 11.5 Å². The Morgan fingerprint density at radius 1 is 1.67 bits per heavy atom. The number of ether oxygens (including phenoxy) is 1. The van der Waals surface area contributed by atoms with Crippen LogP contribution in [0.1, 0.15) is 18.2 Å². The molecular formula is C13H12N2O3. The summed E-state index contributed by atoms with van der Waals surface area (Å²) in [4.78, 5) is 11.6. The lowest BCUT2D eigenvalue weighted by molar-refractivity contribution is -0.136. The third kappa shape index (κ3) is 2.43. The quantitative estimate of drug-likeness (QED) is 0.803. The second-order valence-corrected chi connectivity index (χ2v) is 3.77. The van der Waals surface area contributed by atoms with Crippen molar-refractivity contribution < 1.29 is 13.9 Å². The van der Waals surface area contributed by atoms with Crippen LogP contribution in [0.5, 0.6) is 0 Å². The van der Waals surface area contributed by atoms with E-state index in [2.05, 4.69) is 10.1 Å². The maximum atomic E-state index is 11.6. The van der Waals surface area contributed by atoms with Crippen molar-refractivity contribution in [1.82, 2.24) is 5.32 Å². The molecule has 0 fully saturated rings. The van der Waals surface area contributed by atoms with E-state index in [0.717, 1.165) is 0 Å². The number of methoxy groups -OCH3 is 1. The Labute approximate surface area is 104 Å². The van der Waals surface area contributed by atoms with Crippen molar-refractivity contribution >= 4 is 5.97 Å². The van der Waals surface area contributed by atoms with Crippen molar-refractivity contribution in [1.29, 1.82) is 5.26 Å². The highest BCUT2D eigenvalue weighted by atomic mass is 16.5. The average molecular weight is 244 g/mol. The summed E-state index contributed by atoms with van der Waals surface area (Å²) in [6.45, 7) is 0. The molecule has 2 heterocycles. The van der Waals surface area contributed by atoms with Crippen LogP contribution in [0.4, 0.5) is 0 Å². The molecule has 5 heteroatoms. The Morgan fingerprint density at radius 3 is 3.11 bits per heavy atom. The molecule has 1 aliphatic heterocycles.